The molecule has 6 nitrogen and oxygen atoms in total. The van der Waals surface area contributed by atoms with Gasteiger partial charge in [-0.15, -0.1) is 0 Å². The molecule has 1 unspecified atom stereocenters. The molecule has 0 fully saturated rings. The number of carbonyl (C=O) groups excluding carboxylic acids is 2. The van der Waals surface area contributed by atoms with E-state index in [1.807, 2.05) is 13.8 Å². The van der Waals surface area contributed by atoms with Crippen LogP contribution in [0.1, 0.15) is 24.2 Å². The number of nitrogens with one attached hydrogen (secondary N) is 2. The van der Waals surface area contributed by atoms with Crippen molar-refractivity contribution in [3.8, 4) is 5.75 Å². The van der Waals surface area contributed by atoms with Gasteiger partial charge in [0, 0.05) is 6.54 Å². The molecule has 2 amide bonds. The predicted octanol–water partition coefficient (Wildman–Crippen LogP) is 0.558. The lowest BCUT2D eigenvalue weighted by Crippen LogP contribution is -2.50. The van der Waals surface area contributed by atoms with Gasteiger partial charge in [-0.3, -0.25) is 9.59 Å². The van der Waals surface area contributed by atoms with E-state index in [0.29, 0.717) is 11.3 Å². The van der Waals surface area contributed by atoms with Crippen LogP contribution in [0.25, 0.3) is 0 Å². The van der Waals surface area contributed by atoms with Crippen molar-refractivity contribution >= 4 is 11.8 Å². The van der Waals surface area contributed by atoms with Gasteiger partial charge in [0.15, 0.2) is 0 Å². The Hall–Kier alpha value is -2.08. The summed E-state index contributed by atoms with van der Waals surface area (Å²) in [6.45, 7) is 3.70. The van der Waals surface area contributed by atoms with Crippen molar-refractivity contribution in [2.75, 3.05) is 20.3 Å². The van der Waals surface area contributed by atoms with Crippen molar-refractivity contribution in [2.24, 2.45) is 5.92 Å². The van der Waals surface area contributed by atoms with Gasteiger partial charge in [0.05, 0.1) is 19.3 Å². The number of carbonyl (C=O) groups is 2. The Labute approximate surface area is 124 Å². The van der Waals surface area contributed by atoms with Crippen molar-refractivity contribution < 1.29 is 19.4 Å². The zero-order valence-corrected chi connectivity index (χ0v) is 12.6. The van der Waals surface area contributed by atoms with Crippen LogP contribution in [0.2, 0.25) is 0 Å². The normalized spacial score (nSPS) is 11.9. The summed E-state index contributed by atoms with van der Waals surface area (Å²) < 4.78 is 5.14. The zero-order valence-electron chi connectivity index (χ0n) is 12.6. The van der Waals surface area contributed by atoms with Gasteiger partial charge in [0.2, 0.25) is 5.91 Å². The molecule has 0 aromatic heterocycles. The fourth-order valence-corrected chi connectivity index (χ4v) is 1.88. The summed E-state index contributed by atoms with van der Waals surface area (Å²) in [6.07, 6.45) is 0. The number of benzene rings is 1. The van der Waals surface area contributed by atoms with E-state index < -0.39 is 6.04 Å². The Kier molecular flexibility index (Phi) is 6.68. The molecule has 0 saturated carbocycles. The minimum atomic E-state index is -0.672. The smallest absolute Gasteiger partial charge is 0.255 e. The number of hydrogen-bond acceptors (Lipinski definition) is 4. The first-order chi connectivity index (χ1) is 10.0. The Morgan fingerprint density at radius 1 is 1.29 bits per heavy atom. The average Bonchev–Trinajstić information content (AvgIpc) is 2.49. The molecule has 0 saturated heterocycles. The molecule has 1 rings (SSSR count). The van der Waals surface area contributed by atoms with Crippen molar-refractivity contribution in [3.05, 3.63) is 29.8 Å². The van der Waals surface area contributed by atoms with E-state index >= 15 is 0 Å². The monoisotopic (exact) mass is 294 g/mol. The Balaban J connectivity index is 2.83. The summed E-state index contributed by atoms with van der Waals surface area (Å²) in [6, 6.07) is 6.15. The summed E-state index contributed by atoms with van der Waals surface area (Å²) in [7, 11) is 1.49. The molecule has 0 aliphatic heterocycles. The minimum Gasteiger partial charge on any atom is -0.496 e. The molecule has 3 N–H and O–H groups in total. The summed E-state index contributed by atoms with van der Waals surface area (Å²) in [5.41, 5.74) is 0.376. The standard InChI is InChI=1S/C15H22N2O4/c1-10(2)13(15(20)16-8-9-18)17-14(19)11-6-4-5-7-12(11)21-3/h4-7,10,13,18H,8-9H2,1-3H3,(H,16,20)(H,17,19). The van der Waals surface area contributed by atoms with Crippen LogP contribution < -0.4 is 15.4 Å². The highest BCUT2D eigenvalue weighted by atomic mass is 16.5. The molecule has 6 heteroatoms. The van der Waals surface area contributed by atoms with Gasteiger partial charge in [-0.2, -0.15) is 0 Å². The van der Waals surface area contributed by atoms with Crippen LogP contribution in [0.4, 0.5) is 0 Å². The van der Waals surface area contributed by atoms with Crippen LogP contribution in [-0.2, 0) is 4.79 Å². The first-order valence-electron chi connectivity index (χ1n) is 6.83. The molecule has 1 atom stereocenters. The summed E-state index contributed by atoms with van der Waals surface area (Å²) >= 11 is 0. The number of aliphatic hydroxyl groups is 1. The highest BCUT2D eigenvalue weighted by Crippen LogP contribution is 2.17. The first-order valence-corrected chi connectivity index (χ1v) is 6.83. The second-order valence-corrected chi connectivity index (χ2v) is 4.91. The summed E-state index contributed by atoms with van der Waals surface area (Å²) in [5.74, 6) is -0.316. The van der Waals surface area contributed by atoms with Crippen LogP contribution >= 0.6 is 0 Å². The second-order valence-electron chi connectivity index (χ2n) is 4.91. The highest BCUT2D eigenvalue weighted by Gasteiger charge is 2.25. The van der Waals surface area contributed by atoms with Crippen LogP contribution in [0, 0.1) is 5.92 Å². The molecule has 0 aliphatic carbocycles. The molecule has 21 heavy (non-hydrogen) atoms. The third-order valence-corrected chi connectivity index (χ3v) is 3.00. The van der Waals surface area contributed by atoms with Crippen LogP contribution in [0.3, 0.4) is 0 Å². The van der Waals surface area contributed by atoms with E-state index in [9.17, 15) is 9.59 Å². The van der Waals surface area contributed by atoms with Gasteiger partial charge in [-0.25, -0.2) is 0 Å². The third kappa shape index (κ3) is 4.75. The fourth-order valence-electron chi connectivity index (χ4n) is 1.88. The lowest BCUT2D eigenvalue weighted by atomic mass is 10.0. The molecule has 0 heterocycles. The Morgan fingerprint density at radius 2 is 1.95 bits per heavy atom. The maximum absolute atomic E-state index is 12.3. The van der Waals surface area contributed by atoms with Crippen molar-refractivity contribution in [1.29, 1.82) is 0 Å². The van der Waals surface area contributed by atoms with Gasteiger partial charge in [-0.05, 0) is 18.1 Å². The summed E-state index contributed by atoms with van der Waals surface area (Å²) in [4.78, 5) is 24.3. The molecule has 116 valence electrons. The number of amides is 2. The molecule has 0 radical (unpaired) electrons. The van der Waals surface area contributed by atoms with E-state index in [2.05, 4.69) is 10.6 Å². The Morgan fingerprint density at radius 3 is 2.52 bits per heavy atom. The zero-order chi connectivity index (χ0) is 15.8. The van der Waals surface area contributed by atoms with E-state index in [4.69, 9.17) is 9.84 Å². The molecule has 1 aromatic rings. The molecular weight excluding hydrogens is 272 g/mol. The van der Waals surface area contributed by atoms with Gasteiger partial charge in [0.25, 0.3) is 5.91 Å². The van der Waals surface area contributed by atoms with Crippen molar-refractivity contribution in [1.82, 2.24) is 10.6 Å². The molecule has 0 bridgehead atoms. The number of ether oxygens (including phenoxy) is 1. The van der Waals surface area contributed by atoms with Crippen molar-refractivity contribution in [3.63, 3.8) is 0 Å². The lowest BCUT2D eigenvalue weighted by Gasteiger charge is -2.22. The lowest BCUT2D eigenvalue weighted by molar-refractivity contribution is -0.124. The molecule has 0 aliphatic rings. The number of aliphatic hydroxyl groups excluding tert-OH is 1. The Bertz CT molecular complexity index is 488. The van der Waals surface area contributed by atoms with Gasteiger partial charge in [-0.1, -0.05) is 26.0 Å². The largest absolute Gasteiger partial charge is 0.496 e. The van der Waals surface area contributed by atoms with Gasteiger partial charge < -0.3 is 20.5 Å². The average molecular weight is 294 g/mol. The fraction of sp³-hybridized carbons (Fsp3) is 0.467. The number of para-hydroxylation sites is 1. The van der Waals surface area contributed by atoms with E-state index in [-0.39, 0.29) is 30.9 Å². The van der Waals surface area contributed by atoms with E-state index in [0.717, 1.165) is 0 Å². The SMILES string of the molecule is COc1ccccc1C(=O)NC(C(=O)NCCO)C(C)C. The number of methoxy groups -OCH3 is 1. The second kappa shape index (κ2) is 8.26. The maximum atomic E-state index is 12.3. The molecular formula is C15H22N2O4. The summed E-state index contributed by atoms with van der Waals surface area (Å²) in [5, 5.41) is 14.0. The third-order valence-electron chi connectivity index (χ3n) is 3.00. The van der Waals surface area contributed by atoms with Crippen LogP contribution in [-0.4, -0.2) is 43.2 Å². The van der Waals surface area contributed by atoms with Crippen molar-refractivity contribution in [2.45, 2.75) is 19.9 Å². The van der Waals surface area contributed by atoms with E-state index in [1.54, 1.807) is 24.3 Å². The number of rotatable bonds is 7. The van der Waals surface area contributed by atoms with Crippen LogP contribution in [0.15, 0.2) is 24.3 Å². The first kappa shape index (κ1) is 17.0. The number of hydrogen-bond donors (Lipinski definition) is 3. The highest BCUT2D eigenvalue weighted by molar-refractivity contribution is 5.99. The minimum absolute atomic E-state index is 0.0812. The molecule has 1 aromatic carbocycles. The van der Waals surface area contributed by atoms with Gasteiger partial charge in [0.1, 0.15) is 11.8 Å². The predicted molar refractivity (Wildman–Crippen MR) is 79.2 cm³/mol. The topological polar surface area (TPSA) is 87.7 Å². The molecule has 0 spiro atoms. The van der Waals surface area contributed by atoms with Crippen LogP contribution in [0.5, 0.6) is 5.75 Å². The van der Waals surface area contributed by atoms with E-state index in [1.165, 1.54) is 7.11 Å². The quantitative estimate of drug-likeness (QED) is 0.685. The maximum Gasteiger partial charge on any atom is 0.255 e. The van der Waals surface area contributed by atoms with Gasteiger partial charge >= 0.3 is 0 Å².